The van der Waals surface area contributed by atoms with E-state index in [1.54, 1.807) is 0 Å². The molecule has 2 rings (SSSR count). The number of nitrogens with zero attached hydrogens (tertiary/aromatic N) is 1. The average molecular weight is 315 g/mol. The Kier molecular flexibility index (Phi) is 6.62. The molecule has 118 valence electrons. The maximum absolute atomic E-state index is 13.0. The van der Waals surface area contributed by atoms with Gasteiger partial charge in [-0.3, -0.25) is 4.79 Å². The highest BCUT2D eigenvalue weighted by molar-refractivity contribution is 5.85. The van der Waals surface area contributed by atoms with Crippen LogP contribution in [0.15, 0.2) is 24.3 Å². The molecule has 0 bridgehead atoms. The zero-order valence-electron chi connectivity index (χ0n) is 12.6. The lowest BCUT2D eigenvalue weighted by atomic mass is 9.97. The van der Waals surface area contributed by atoms with Crippen molar-refractivity contribution in [1.29, 1.82) is 0 Å². The van der Waals surface area contributed by atoms with E-state index < -0.39 is 6.04 Å². The van der Waals surface area contributed by atoms with E-state index in [1.807, 2.05) is 24.0 Å². The number of likely N-dealkylation sites (tertiary alicyclic amines) is 1. The summed E-state index contributed by atoms with van der Waals surface area (Å²) in [7, 11) is 0. The van der Waals surface area contributed by atoms with Crippen molar-refractivity contribution in [3.63, 3.8) is 0 Å². The summed E-state index contributed by atoms with van der Waals surface area (Å²) in [6.07, 6.45) is 2.55. The minimum Gasteiger partial charge on any atom is -0.338 e. The quantitative estimate of drug-likeness (QED) is 0.928. The number of carbonyl (C=O) groups is 1. The Labute approximate surface area is 132 Å². The van der Waals surface area contributed by atoms with Crippen LogP contribution in [0.5, 0.6) is 0 Å². The number of amides is 1. The lowest BCUT2D eigenvalue weighted by Crippen LogP contribution is -2.45. The van der Waals surface area contributed by atoms with Crippen molar-refractivity contribution in [2.75, 3.05) is 6.54 Å². The molecule has 3 unspecified atom stereocenters. The molecule has 1 saturated heterocycles. The van der Waals surface area contributed by atoms with Gasteiger partial charge in [0.05, 0.1) is 6.04 Å². The third-order valence-corrected chi connectivity index (χ3v) is 4.12. The van der Waals surface area contributed by atoms with E-state index in [2.05, 4.69) is 6.92 Å². The van der Waals surface area contributed by atoms with Gasteiger partial charge in [0.25, 0.3) is 0 Å². The number of rotatable bonds is 4. The summed E-state index contributed by atoms with van der Waals surface area (Å²) in [4.78, 5) is 14.2. The lowest BCUT2D eigenvalue weighted by Gasteiger charge is -2.24. The number of hydrogen-bond acceptors (Lipinski definition) is 2. The van der Waals surface area contributed by atoms with Gasteiger partial charge < -0.3 is 10.6 Å². The number of hydrogen-bond donors (Lipinski definition) is 1. The standard InChI is InChI=1S/C16H23FN2O.ClH/c1-3-4-15(18)16(20)19-10-13(9-11(19)2)12-5-7-14(17)8-6-12;/h5-8,11,13,15H,3-4,9-10,18H2,1-2H3;1H. The Hall–Kier alpha value is -1.13. The third-order valence-electron chi connectivity index (χ3n) is 4.12. The largest absolute Gasteiger partial charge is 0.338 e. The van der Waals surface area contributed by atoms with Crippen molar-refractivity contribution in [3.8, 4) is 0 Å². The van der Waals surface area contributed by atoms with Crippen LogP contribution < -0.4 is 5.73 Å². The molecule has 0 spiro atoms. The van der Waals surface area contributed by atoms with Crippen LogP contribution in [0.3, 0.4) is 0 Å². The first-order chi connectivity index (χ1) is 9.52. The highest BCUT2D eigenvalue weighted by Crippen LogP contribution is 2.32. The molecule has 3 nitrogen and oxygen atoms in total. The molecule has 3 atom stereocenters. The maximum Gasteiger partial charge on any atom is 0.239 e. The fourth-order valence-corrected chi connectivity index (χ4v) is 2.96. The highest BCUT2D eigenvalue weighted by Gasteiger charge is 2.34. The van der Waals surface area contributed by atoms with Gasteiger partial charge in [0.1, 0.15) is 5.82 Å². The molecule has 1 aromatic carbocycles. The van der Waals surface area contributed by atoms with Crippen LogP contribution >= 0.6 is 12.4 Å². The Morgan fingerprint density at radius 3 is 2.62 bits per heavy atom. The third kappa shape index (κ3) is 4.17. The molecule has 1 heterocycles. The molecule has 2 N–H and O–H groups in total. The lowest BCUT2D eigenvalue weighted by molar-refractivity contribution is -0.133. The molecule has 21 heavy (non-hydrogen) atoms. The summed E-state index contributed by atoms with van der Waals surface area (Å²) in [5.74, 6) is 0.102. The normalized spacial score (nSPS) is 22.8. The topological polar surface area (TPSA) is 46.3 Å². The van der Waals surface area contributed by atoms with Gasteiger partial charge in [-0.05, 0) is 37.5 Å². The SMILES string of the molecule is CCCC(N)C(=O)N1CC(c2ccc(F)cc2)CC1C.Cl. The van der Waals surface area contributed by atoms with E-state index in [0.29, 0.717) is 6.54 Å². The monoisotopic (exact) mass is 314 g/mol. The predicted molar refractivity (Wildman–Crippen MR) is 85.1 cm³/mol. The fourth-order valence-electron chi connectivity index (χ4n) is 2.96. The number of benzene rings is 1. The predicted octanol–water partition coefficient (Wildman–Crippen LogP) is 3.08. The Morgan fingerprint density at radius 2 is 2.05 bits per heavy atom. The van der Waals surface area contributed by atoms with Crippen LogP contribution in [-0.2, 0) is 4.79 Å². The van der Waals surface area contributed by atoms with E-state index in [4.69, 9.17) is 5.73 Å². The first-order valence-corrected chi connectivity index (χ1v) is 7.34. The second kappa shape index (κ2) is 7.76. The zero-order chi connectivity index (χ0) is 14.7. The number of carbonyl (C=O) groups excluding carboxylic acids is 1. The van der Waals surface area contributed by atoms with Crippen molar-refractivity contribution >= 4 is 18.3 Å². The van der Waals surface area contributed by atoms with E-state index in [9.17, 15) is 9.18 Å². The molecular weight excluding hydrogens is 291 g/mol. The molecule has 1 aromatic rings. The number of halogens is 2. The Morgan fingerprint density at radius 1 is 1.43 bits per heavy atom. The average Bonchev–Trinajstić information content (AvgIpc) is 2.81. The maximum atomic E-state index is 13.0. The van der Waals surface area contributed by atoms with Crippen LogP contribution in [0.25, 0.3) is 0 Å². The minimum absolute atomic E-state index is 0. The van der Waals surface area contributed by atoms with Crippen molar-refractivity contribution < 1.29 is 9.18 Å². The molecule has 1 aliphatic rings. The van der Waals surface area contributed by atoms with Gasteiger partial charge in [-0.1, -0.05) is 25.5 Å². The van der Waals surface area contributed by atoms with Crippen LogP contribution in [0.2, 0.25) is 0 Å². The second-order valence-electron chi connectivity index (χ2n) is 5.72. The van der Waals surface area contributed by atoms with Gasteiger partial charge in [0, 0.05) is 18.5 Å². The number of nitrogens with two attached hydrogens (primary N) is 1. The molecule has 5 heteroatoms. The van der Waals surface area contributed by atoms with Gasteiger partial charge in [-0.15, -0.1) is 12.4 Å². The van der Waals surface area contributed by atoms with Crippen molar-refractivity contribution in [3.05, 3.63) is 35.6 Å². The summed E-state index contributed by atoms with van der Waals surface area (Å²) >= 11 is 0. The van der Waals surface area contributed by atoms with Gasteiger partial charge in [0.2, 0.25) is 5.91 Å². The molecule has 0 radical (unpaired) electrons. The van der Waals surface area contributed by atoms with E-state index in [-0.39, 0.29) is 36.1 Å². The van der Waals surface area contributed by atoms with E-state index in [1.165, 1.54) is 12.1 Å². The molecule has 0 aromatic heterocycles. The summed E-state index contributed by atoms with van der Waals surface area (Å²) in [5.41, 5.74) is 7.03. The van der Waals surface area contributed by atoms with E-state index in [0.717, 1.165) is 24.8 Å². The van der Waals surface area contributed by atoms with Gasteiger partial charge in [-0.25, -0.2) is 4.39 Å². The van der Waals surface area contributed by atoms with Gasteiger partial charge in [-0.2, -0.15) is 0 Å². The first kappa shape index (κ1) is 17.9. The minimum atomic E-state index is -0.394. The zero-order valence-corrected chi connectivity index (χ0v) is 13.4. The molecule has 1 aliphatic heterocycles. The smallest absolute Gasteiger partial charge is 0.239 e. The van der Waals surface area contributed by atoms with Crippen LogP contribution in [0.4, 0.5) is 4.39 Å². The summed E-state index contributed by atoms with van der Waals surface area (Å²) in [6, 6.07) is 6.38. The van der Waals surface area contributed by atoms with Gasteiger partial charge >= 0.3 is 0 Å². The molecule has 1 fully saturated rings. The summed E-state index contributed by atoms with van der Waals surface area (Å²) < 4.78 is 13.0. The summed E-state index contributed by atoms with van der Waals surface area (Å²) in [5, 5.41) is 0. The molecule has 1 amide bonds. The first-order valence-electron chi connectivity index (χ1n) is 7.34. The van der Waals surface area contributed by atoms with E-state index >= 15 is 0 Å². The van der Waals surface area contributed by atoms with Crippen molar-refractivity contribution in [2.24, 2.45) is 5.73 Å². The van der Waals surface area contributed by atoms with Crippen LogP contribution in [0, 0.1) is 5.82 Å². The fraction of sp³-hybridized carbons (Fsp3) is 0.562. The van der Waals surface area contributed by atoms with Crippen molar-refractivity contribution in [2.45, 2.75) is 51.1 Å². The summed E-state index contributed by atoms with van der Waals surface area (Å²) in [6.45, 7) is 4.77. The Balaban J connectivity index is 0.00000220. The Bertz CT molecular complexity index is 466. The van der Waals surface area contributed by atoms with Gasteiger partial charge in [0.15, 0.2) is 0 Å². The second-order valence-corrected chi connectivity index (χ2v) is 5.72. The molecule has 0 aliphatic carbocycles. The van der Waals surface area contributed by atoms with Crippen molar-refractivity contribution in [1.82, 2.24) is 4.90 Å². The van der Waals surface area contributed by atoms with Crippen LogP contribution in [-0.4, -0.2) is 29.4 Å². The molecular formula is C16H24ClFN2O. The van der Waals surface area contributed by atoms with Crippen LogP contribution in [0.1, 0.15) is 44.6 Å². The molecule has 0 saturated carbocycles. The highest BCUT2D eigenvalue weighted by atomic mass is 35.5.